The van der Waals surface area contributed by atoms with Crippen LogP contribution in [0.4, 0.5) is 0 Å². The molecule has 0 bridgehead atoms. The summed E-state index contributed by atoms with van der Waals surface area (Å²) in [6.07, 6.45) is 0.788. The lowest BCUT2D eigenvalue weighted by molar-refractivity contribution is -0.312. The number of likely N-dealkylation sites (tertiary alicyclic amines) is 1. The summed E-state index contributed by atoms with van der Waals surface area (Å²) in [5.41, 5.74) is 2.17. The molecular weight excluding hydrogens is 350 g/mol. The standard InChI is InChI=1S/C20H23NO6/c1-11-8-15(18-12(2)13(3)20(25)27-16(18)9-11)26-10-17(22)21-6-4-14(5-7-21)19(23)24/h8-9,14H,4-7,10H2,1-3H3,(H,23,24)/p-1. The highest BCUT2D eigenvalue weighted by molar-refractivity contribution is 5.88. The Morgan fingerprint density at radius 1 is 1.19 bits per heavy atom. The number of hydrogen-bond donors (Lipinski definition) is 0. The van der Waals surface area contributed by atoms with E-state index in [1.54, 1.807) is 17.9 Å². The average molecular weight is 372 g/mol. The molecule has 1 aliphatic rings. The fourth-order valence-electron chi connectivity index (χ4n) is 3.40. The third-order valence-corrected chi connectivity index (χ3v) is 5.19. The number of carbonyl (C=O) groups excluding carboxylic acids is 2. The summed E-state index contributed by atoms with van der Waals surface area (Å²) in [7, 11) is 0. The van der Waals surface area contributed by atoms with Gasteiger partial charge >= 0.3 is 5.63 Å². The van der Waals surface area contributed by atoms with Crippen LogP contribution in [0.15, 0.2) is 21.3 Å². The van der Waals surface area contributed by atoms with Gasteiger partial charge in [0, 0.05) is 30.5 Å². The molecule has 0 atom stereocenters. The number of carbonyl (C=O) groups is 2. The lowest BCUT2D eigenvalue weighted by atomic mass is 9.97. The van der Waals surface area contributed by atoms with Gasteiger partial charge in [0.15, 0.2) is 6.61 Å². The molecule has 0 spiro atoms. The van der Waals surface area contributed by atoms with E-state index in [1.807, 2.05) is 19.9 Å². The molecule has 1 aromatic heterocycles. The Kier molecular flexibility index (Phi) is 5.21. The minimum absolute atomic E-state index is 0.161. The smallest absolute Gasteiger partial charge is 0.339 e. The van der Waals surface area contributed by atoms with Gasteiger partial charge in [-0.25, -0.2) is 4.79 Å². The first-order valence-electron chi connectivity index (χ1n) is 8.94. The van der Waals surface area contributed by atoms with Crippen molar-refractivity contribution in [3.63, 3.8) is 0 Å². The van der Waals surface area contributed by atoms with Gasteiger partial charge in [0.25, 0.3) is 5.91 Å². The second kappa shape index (κ2) is 7.42. The van der Waals surface area contributed by atoms with E-state index in [0.29, 0.717) is 48.2 Å². The zero-order chi connectivity index (χ0) is 19.7. The first kappa shape index (κ1) is 18.9. The molecule has 2 heterocycles. The molecule has 7 heteroatoms. The molecule has 1 aromatic carbocycles. The van der Waals surface area contributed by atoms with Crippen LogP contribution in [-0.4, -0.2) is 36.5 Å². The van der Waals surface area contributed by atoms with Crippen molar-refractivity contribution < 1.29 is 23.8 Å². The number of hydrogen-bond acceptors (Lipinski definition) is 6. The highest BCUT2D eigenvalue weighted by Crippen LogP contribution is 2.31. The van der Waals surface area contributed by atoms with Crippen molar-refractivity contribution in [2.24, 2.45) is 5.92 Å². The number of aryl methyl sites for hydroxylation is 2. The molecule has 2 aromatic rings. The molecule has 0 aliphatic carbocycles. The van der Waals surface area contributed by atoms with Crippen molar-refractivity contribution in [1.29, 1.82) is 0 Å². The van der Waals surface area contributed by atoms with Gasteiger partial charge in [-0.3, -0.25) is 4.79 Å². The number of nitrogens with zero attached hydrogens (tertiary/aromatic N) is 1. The van der Waals surface area contributed by atoms with E-state index in [-0.39, 0.29) is 18.1 Å². The van der Waals surface area contributed by atoms with E-state index in [4.69, 9.17) is 9.15 Å². The van der Waals surface area contributed by atoms with E-state index in [1.165, 1.54) is 0 Å². The molecule has 1 aliphatic heterocycles. The molecule has 0 saturated carbocycles. The molecule has 27 heavy (non-hydrogen) atoms. The average Bonchev–Trinajstić information content (AvgIpc) is 2.63. The SMILES string of the molecule is Cc1cc(OCC(=O)N2CCC(C(=O)[O-])CC2)c2c(C)c(C)c(=O)oc2c1. The predicted octanol–water partition coefficient (Wildman–Crippen LogP) is 1.09. The van der Waals surface area contributed by atoms with Gasteiger partial charge in [-0.2, -0.15) is 0 Å². The van der Waals surface area contributed by atoms with Gasteiger partial charge in [0.2, 0.25) is 0 Å². The Hall–Kier alpha value is -2.83. The first-order valence-corrected chi connectivity index (χ1v) is 8.94. The van der Waals surface area contributed by atoms with Gasteiger partial charge in [0.05, 0.1) is 5.39 Å². The highest BCUT2D eigenvalue weighted by atomic mass is 16.5. The van der Waals surface area contributed by atoms with Crippen LogP contribution in [0.2, 0.25) is 0 Å². The Balaban J connectivity index is 1.77. The maximum atomic E-state index is 12.4. The van der Waals surface area contributed by atoms with Crippen LogP contribution in [0.5, 0.6) is 5.75 Å². The van der Waals surface area contributed by atoms with Crippen molar-refractivity contribution in [3.05, 3.63) is 39.2 Å². The van der Waals surface area contributed by atoms with Crippen LogP contribution in [-0.2, 0) is 9.59 Å². The summed E-state index contributed by atoms with van der Waals surface area (Å²) in [6, 6.07) is 3.58. The minimum Gasteiger partial charge on any atom is -0.550 e. The highest BCUT2D eigenvalue weighted by Gasteiger charge is 2.24. The number of rotatable bonds is 4. The van der Waals surface area contributed by atoms with Crippen LogP contribution in [0.3, 0.4) is 0 Å². The van der Waals surface area contributed by atoms with E-state index >= 15 is 0 Å². The van der Waals surface area contributed by atoms with E-state index in [2.05, 4.69) is 0 Å². The third kappa shape index (κ3) is 3.82. The number of aliphatic carboxylic acids is 1. The molecule has 0 unspecified atom stereocenters. The maximum Gasteiger partial charge on any atom is 0.339 e. The van der Waals surface area contributed by atoms with Crippen molar-refractivity contribution >= 4 is 22.8 Å². The quantitative estimate of drug-likeness (QED) is 0.745. The second-order valence-corrected chi connectivity index (χ2v) is 7.04. The zero-order valence-electron chi connectivity index (χ0n) is 15.7. The largest absolute Gasteiger partial charge is 0.550 e. The summed E-state index contributed by atoms with van der Waals surface area (Å²) in [5.74, 6) is -1.26. The fraction of sp³-hybridized carbons (Fsp3) is 0.450. The fourth-order valence-corrected chi connectivity index (χ4v) is 3.40. The maximum absolute atomic E-state index is 12.4. The number of carboxylic acids is 1. The predicted molar refractivity (Wildman–Crippen MR) is 96.5 cm³/mol. The van der Waals surface area contributed by atoms with Crippen LogP contribution < -0.4 is 15.5 Å². The Bertz CT molecular complexity index is 953. The second-order valence-electron chi connectivity index (χ2n) is 7.04. The van der Waals surface area contributed by atoms with Crippen molar-refractivity contribution in [1.82, 2.24) is 4.90 Å². The number of benzene rings is 1. The number of fused-ring (bicyclic) bond motifs is 1. The number of piperidine rings is 1. The summed E-state index contributed by atoms with van der Waals surface area (Å²) in [5, 5.41) is 11.6. The van der Waals surface area contributed by atoms with Gasteiger partial charge in [-0.05, 0) is 56.9 Å². The van der Waals surface area contributed by atoms with E-state index in [9.17, 15) is 19.5 Å². The molecule has 1 saturated heterocycles. The molecule has 1 fully saturated rings. The van der Waals surface area contributed by atoms with Crippen molar-refractivity contribution in [3.8, 4) is 5.75 Å². The summed E-state index contributed by atoms with van der Waals surface area (Å²) in [4.78, 5) is 36.9. The third-order valence-electron chi connectivity index (χ3n) is 5.19. The first-order chi connectivity index (χ1) is 12.8. The molecule has 144 valence electrons. The van der Waals surface area contributed by atoms with Crippen molar-refractivity contribution in [2.75, 3.05) is 19.7 Å². The molecule has 7 nitrogen and oxygen atoms in total. The van der Waals surface area contributed by atoms with Crippen LogP contribution in [0, 0.1) is 26.7 Å². The Labute approximate surface area is 156 Å². The summed E-state index contributed by atoms with van der Waals surface area (Å²) >= 11 is 0. The zero-order valence-corrected chi connectivity index (χ0v) is 15.7. The lowest BCUT2D eigenvalue weighted by Crippen LogP contribution is -2.45. The number of ether oxygens (including phenoxy) is 1. The topological polar surface area (TPSA) is 99.9 Å². The van der Waals surface area contributed by atoms with Gasteiger partial charge < -0.3 is 24.0 Å². The lowest BCUT2D eigenvalue weighted by Gasteiger charge is -2.32. The van der Waals surface area contributed by atoms with Gasteiger partial charge in [-0.15, -0.1) is 0 Å². The monoisotopic (exact) mass is 372 g/mol. The van der Waals surface area contributed by atoms with E-state index in [0.717, 1.165) is 11.1 Å². The van der Waals surface area contributed by atoms with Gasteiger partial charge in [0.1, 0.15) is 11.3 Å². The van der Waals surface area contributed by atoms with Gasteiger partial charge in [-0.1, -0.05) is 0 Å². The van der Waals surface area contributed by atoms with Crippen LogP contribution in [0.1, 0.15) is 29.5 Å². The molecule has 1 amide bonds. The van der Waals surface area contributed by atoms with Crippen LogP contribution >= 0.6 is 0 Å². The summed E-state index contributed by atoms with van der Waals surface area (Å²) < 4.78 is 11.1. The van der Waals surface area contributed by atoms with Crippen molar-refractivity contribution in [2.45, 2.75) is 33.6 Å². The Morgan fingerprint density at radius 2 is 1.85 bits per heavy atom. The van der Waals surface area contributed by atoms with E-state index < -0.39 is 11.9 Å². The molecular formula is C20H22NO6-. The molecule has 3 rings (SSSR count). The normalized spacial score (nSPS) is 15.1. The minimum atomic E-state index is -1.06. The Morgan fingerprint density at radius 3 is 2.48 bits per heavy atom. The van der Waals surface area contributed by atoms with Crippen LogP contribution in [0.25, 0.3) is 11.0 Å². The summed E-state index contributed by atoms with van der Waals surface area (Å²) in [6.45, 7) is 5.96. The molecule has 0 N–H and O–H groups in total. The number of carboxylic acid groups (broad SMARTS) is 1. The number of amides is 1. The molecule has 0 radical (unpaired) electrons.